The van der Waals surface area contributed by atoms with Gasteiger partial charge in [0.15, 0.2) is 0 Å². The fourth-order valence-electron chi connectivity index (χ4n) is 3.26. The van der Waals surface area contributed by atoms with Crippen LogP contribution in [0.25, 0.3) is 0 Å². The van der Waals surface area contributed by atoms with Gasteiger partial charge in [-0.2, -0.15) is 0 Å². The van der Waals surface area contributed by atoms with Crippen LogP contribution in [0.1, 0.15) is 18.6 Å². The first kappa shape index (κ1) is 19.2. The molecule has 140 valence electrons. The van der Waals surface area contributed by atoms with E-state index in [1.165, 1.54) is 5.69 Å². The quantitative estimate of drug-likeness (QED) is 0.803. The van der Waals surface area contributed by atoms with Gasteiger partial charge in [0.1, 0.15) is 0 Å². The molecule has 0 spiro atoms. The number of β-amino-alcohol motifs (C(OH)–C–C–N with tert-alkyl or cyclic N) is 1. The van der Waals surface area contributed by atoms with Crippen LogP contribution in [-0.4, -0.2) is 55.4 Å². The summed E-state index contributed by atoms with van der Waals surface area (Å²) in [6, 6.07) is 18.1. The molecule has 0 bridgehead atoms. The maximum atomic E-state index is 10.3. The smallest absolute Gasteiger partial charge is 0.0900 e. The SMILES string of the molecule is C[C@@H](OC[C@H](O)CN1CCN(c2ccccc2)CC1)c1ccc(Cl)cc1. The summed E-state index contributed by atoms with van der Waals surface area (Å²) < 4.78 is 5.83. The second-order valence-corrected chi connectivity index (χ2v) is 7.24. The Morgan fingerprint density at radius 1 is 1.00 bits per heavy atom. The number of halogens is 1. The number of nitrogens with zero attached hydrogens (tertiary/aromatic N) is 2. The number of ether oxygens (including phenoxy) is 1. The third-order valence-electron chi connectivity index (χ3n) is 4.84. The Balaban J connectivity index is 1.39. The summed E-state index contributed by atoms with van der Waals surface area (Å²) in [7, 11) is 0. The maximum Gasteiger partial charge on any atom is 0.0900 e. The van der Waals surface area contributed by atoms with E-state index < -0.39 is 6.10 Å². The van der Waals surface area contributed by atoms with Crippen LogP contribution < -0.4 is 4.90 Å². The zero-order valence-electron chi connectivity index (χ0n) is 15.2. The molecule has 1 saturated heterocycles. The van der Waals surface area contributed by atoms with Crippen molar-refractivity contribution in [2.75, 3.05) is 44.2 Å². The molecular formula is C21H27ClN2O2. The summed E-state index contributed by atoms with van der Waals surface area (Å²) in [5.41, 5.74) is 2.34. The third kappa shape index (κ3) is 5.45. The average molecular weight is 375 g/mol. The first-order valence-electron chi connectivity index (χ1n) is 9.19. The van der Waals surface area contributed by atoms with Gasteiger partial charge in [-0.3, -0.25) is 4.90 Å². The number of aliphatic hydroxyl groups excluding tert-OH is 1. The Hall–Kier alpha value is -1.59. The average Bonchev–Trinajstić information content (AvgIpc) is 2.68. The molecule has 0 amide bonds. The summed E-state index contributed by atoms with van der Waals surface area (Å²) in [5.74, 6) is 0. The number of aliphatic hydroxyl groups is 1. The molecule has 0 unspecified atom stereocenters. The predicted octanol–water partition coefficient (Wildman–Crippen LogP) is 3.60. The van der Waals surface area contributed by atoms with Crippen molar-refractivity contribution in [3.05, 3.63) is 65.2 Å². The minimum Gasteiger partial charge on any atom is -0.389 e. The van der Waals surface area contributed by atoms with E-state index in [1.807, 2.05) is 37.3 Å². The van der Waals surface area contributed by atoms with Crippen molar-refractivity contribution in [2.45, 2.75) is 19.1 Å². The predicted molar refractivity (Wildman–Crippen MR) is 107 cm³/mol. The van der Waals surface area contributed by atoms with E-state index in [-0.39, 0.29) is 6.10 Å². The Kier molecular flexibility index (Phi) is 6.92. The molecule has 2 aromatic carbocycles. The number of hydrogen-bond acceptors (Lipinski definition) is 4. The third-order valence-corrected chi connectivity index (χ3v) is 5.09. The lowest BCUT2D eigenvalue weighted by Crippen LogP contribution is -2.49. The topological polar surface area (TPSA) is 35.9 Å². The largest absolute Gasteiger partial charge is 0.389 e. The van der Waals surface area contributed by atoms with E-state index in [4.69, 9.17) is 16.3 Å². The Morgan fingerprint density at radius 3 is 2.31 bits per heavy atom. The number of hydrogen-bond donors (Lipinski definition) is 1. The van der Waals surface area contributed by atoms with Crippen molar-refractivity contribution in [2.24, 2.45) is 0 Å². The van der Waals surface area contributed by atoms with E-state index in [0.29, 0.717) is 13.2 Å². The van der Waals surface area contributed by atoms with Gasteiger partial charge in [0, 0.05) is 43.4 Å². The highest BCUT2D eigenvalue weighted by molar-refractivity contribution is 6.30. The standard InChI is InChI=1S/C21H27ClN2O2/c1-17(18-7-9-19(22)10-8-18)26-16-21(25)15-23-11-13-24(14-12-23)20-5-3-2-4-6-20/h2-10,17,21,25H,11-16H2,1H3/t17-,21-/m1/s1. The van der Waals surface area contributed by atoms with Crippen molar-refractivity contribution < 1.29 is 9.84 Å². The second kappa shape index (κ2) is 9.38. The van der Waals surface area contributed by atoms with Crippen LogP contribution >= 0.6 is 11.6 Å². The molecule has 2 atom stereocenters. The molecular weight excluding hydrogens is 348 g/mol. The van der Waals surface area contributed by atoms with Crippen LogP contribution in [0.4, 0.5) is 5.69 Å². The lowest BCUT2D eigenvalue weighted by atomic mass is 10.1. The summed E-state index contributed by atoms with van der Waals surface area (Å²) >= 11 is 5.91. The Bertz CT molecular complexity index is 657. The zero-order chi connectivity index (χ0) is 18.4. The van der Waals surface area contributed by atoms with E-state index >= 15 is 0 Å². The van der Waals surface area contributed by atoms with Crippen molar-refractivity contribution >= 4 is 17.3 Å². The number of rotatable bonds is 7. The highest BCUT2D eigenvalue weighted by atomic mass is 35.5. The van der Waals surface area contributed by atoms with Gasteiger partial charge in [-0.1, -0.05) is 41.9 Å². The van der Waals surface area contributed by atoms with Crippen LogP contribution in [0.3, 0.4) is 0 Å². The van der Waals surface area contributed by atoms with Crippen LogP contribution in [0.2, 0.25) is 5.02 Å². The van der Waals surface area contributed by atoms with Crippen molar-refractivity contribution in [3.8, 4) is 0 Å². The van der Waals surface area contributed by atoms with E-state index in [0.717, 1.165) is 36.8 Å². The molecule has 1 N–H and O–H groups in total. The lowest BCUT2D eigenvalue weighted by Gasteiger charge is -2.37. The van der Waals surface area contributed by atoms with Gasteiger partial charge in [-0.05, 0) is 36.8 Å². The summed E-state index contributed by atoms with van der Waals surface area (Å²) in [5, 5.41) is 11.0. The fraction of sp³-hybridized carbons (Fsp3) is 0.429. The first-order valence-corrected chi connectivity index (χ1v) is 9.57. The van der Waals surface area contributed by atoms with Crippen LogP contribution in [-0.2, 0) is 4.74 Å². The molecule has 0 saturated carbocycles. The molecule has 1 heterocycles. The molecule has 4 nitrogen and oxygen atoms in total. The molecule has 3 rings (SSSR count). The van der Waals surface area contributed by atoms with Crippen LogP contribution in [0.5, 0.6) is 0 Å². The van der Waals surface area contributed by atoms with Gasteiger partial charge >= 0.3 is 0 Å². The van der Waals surface area contributed by atoms with E-state index in [1.54, 1.807) is 0 Å². The molecule has 5 heteroatoms. The van der Waals surface area contributed by atoms with Gasteiger partial charge in [0.05, 0.1) is 18.8 Å². The van der Waals surface area contributed by atoms with Gasteiger partial charge in [-0.15, -0.1) is 0 Å². The zero-order valence-corrected chi connectivity index (χ0v) is 16.0. The summed E-state index contributed by atoms with van der Waals surface area (Å²) in [6.07, 6.45) is -0.537. The van der Waals surface area contributed by atoms with E-state index in [2.05, 4.69) is 34.1 Å². The van der Waals surface area contributed by atoms with Crippen LogP contribution in [0, 0.1) is 0 Å². The van der Waals surface area contributed by atoms with Crippen LogP contribution in [0.15, 0.2) is 54.6 Å². The number of anilines is 1. The van der Waals surface area contributed by atoms with Crippen molar-refractivity contribution in [1.29, 1.82) is 0 Å². The van der Waals surface area contributed by atoms with Gasteiger partial charge in [-0.25, -0.2) is 0 Å². The molecule has 1 aliphatic rings. The molecule has 1 fully saturated rings. The lowest BCUT2D eigenvalue weighted by molar-refractivity contribution is -0.0162. The Labute approximate surface area is 160 Å². The molecule has 0 aliphatic carbocycles. The molecule has 0 radical (unpaired) electrons. The van der Waals surface area contributed by atoms with Crippen molar-refractivity contribution in [3.63, 3.8) is 0 Å². The van der Waals surface area contributed by atoms with Gasteiger partial charge < -0.3 is 14.7 Å². The summed E-state index contributed by atoms with van der Waals surface area (Å²) in [4.78, 5) is 4.70. The number of benzene rings is 2. The van der Waals surface area contributed by atoms with Gasteiger partial charge in [0.2, 0.25) is 0 Å². The normalized spacial score (nSPS) is 17.9. The molecule has 1 aliphatic heterocycles. The minimum atomic E-state index is -0.479. The Morgan fingerprint density at radius 2 is 1.65 bits per heavy atom. The molecule has 0 aromatic heterocycles. The fourth-order valence-corrected chi connectivity index (χ4v) is 3.39. The highest BCUT2D eigenvalue weighted by Crippen LogP contribution is 2.20. The monoisotopic (exact) mass is 374 g/mol. The minimum absolute atomic E-state index is 0.0585. The number of para-hydroxylation sites is 1. The molecule has 2 aromatic rings. The van der Waals surface area contributed by atoms with Crippen molar-refractivity contribution in [1.82, 2.24) is 4.90 Å². The number of piperazine rings is 1. The van der Waals surface area contributed by atoms with E-state index in [9.17, 15) is 5.11 Å². The second-order valence-electron chi connectivity index (χ2n) is 6.80. The summed E-state index contributed by atoms with van der Waals surface area (Å²) in [6.45, 7) is 6.86. The van der Waals surface area contributed by atoms with Gasteiger partial charge in [0.25, 0.3) is 0 Å². The molecule has 26 heavy (non-hydrogen) atoms. The highest BCUT2D eigenvalue weighted by Gasteiger charge is 2.20. The first-order chi connectivity index (χ1) is 12.6. The maximum absolute atomic E-state index is 10.3.